The fourth-order valence-corrected chi connectivity index (χ4v) is 10.2. The van der Waals surface area contributed by atoms with Crippen LogP contribution in [0, 0.1) is 0 Å². The summed E-state index contributed by atoms with van der Waals surface area (Å²) in [6.45, 7) is 3.89. The van der Waals surface area contributed by atoms with E-state index in [0.717, 1.165) is 38.5 Å². The number of rotatable bonds is 54. The number of hydrogen-bond acceptors (Lipinski definition) is 8. The third-order valence-electron chi connectivity index (χ3n) is 15.1. The first-order chi connectivity index (χ1) is 34.3. The minimum Gasteiger partial charge on any atom is -0.394 e. The average Bonchev–Trinajstić information content (AvgIpc) is 3.36. The van der Waals surface area contributed by atoms with E-state index in [-0.39, 0.29) is 12.5 Å². The first kappa shape index (κ1) is 66.9. The molecule has 1 heterocycles. The molecule has 7 unspecified atom stereocenters. The van der Waals surface area contributed by atoms with E-state index >= 15 is 0 Å². The molecule has 0 aromatic heterocycles. The second-order valence-corrected chi connectivity index (χ2v) is 21.9. The van der Waals surface area contributed by atoms with Crippen LogP contribution in [-0.4, -0.2) is 87.5 Å². The Bertz CT molecular complexity index is 1110. The van der Waals surface area contributed by atoms with Crippen molar-refractivity contribution in [3.05, 3.63) is 12.2 Å². The molecule has 1 fully saturated rings. The predicted octanol–water partition coefficient (Wildman–Crippen LogP) is 15.6. The Balaban J connectivity index is 2.17. The van der Waals surface area contributed by atoms with Gasteiger partial charge in [-0.3, -0.25) is 4.79 Å². The van der Waals surface area contributed by atoms with Crippen LogP contribution in [0.2, 0.25) is 0 Å². The predicted molar refractivity (Wildman–Crippen MR) is 295 cm³/mol. The van der Waals surface area contributed by atoms with Gasteiger partial charge in [-0.15, -0.1) is 0 Å². The fraction of sp³-hybridized carbons (Fsp3) is 0.951. The quantitative estimate of drug-likeness (QED) is 0.0261. The maximum atomic E-state index is 13.1. The lowest BCUT2D eigenvalue weighted by molar-refractivity contribution is -0.302. The molecule has 0 aliphatic carbocycles. The number of nitrogens with one attached hydrogen (secondary N) is 1. The zero-order valence-electron chi connectivity index (χ0n) is 46.3. The zero-order valence-corrected chi connectivity index (χ0v) is 46.3. The molecule has 1 amide bonds. The molecule has 0 radical (unpaired) electrons. The van der Waals surface area contributed by atoms with Gasteiger partial charge in [-0.1, -0.05) is 283 Å². The SMILES string of the molecule is CCCCCCCCCCCCCC/C=C\CCCCCCCCCCCCC(=O)NC(COC1OC(CO)C(O)C(O)C1O)C(O)CCCCCCCCCCCCCCCCCCCCCCC. The summed E-state index contributed by atoms with van der Waals surface area (Å²) in [5, 5.41) is 54.8. The van der Waals surface area contributed by atoms with Crippen LogP contribution in [0.4, 0.5) is 0 Å². The number of aliphatic hydroxyl groups excluding tert-OH is 5. The Labute approximate surface area is 433 Å². The summed E-state index contributed by atoms with van der Waals surface area (Å²) in [5.74, 6) is -0.139. The number of hydrogen-bond donors (Lipinski definition) is 6. The Hall–Kier alpha value is -1.07. The van der Waals surface area contributed by atoms with E-state index in [2.05, 4.69) is 31.3 Å². The van der Waals surface area contributed by atoms with Gasteiger partial charge in [-0.2, -0.15) is 0 Å². The van der Waals surface area contributed by atoms with E-state index in [9.17, 15) is 30.3 Å². The highest BCUT2D eigenvalue weighted by molar-refractivity contribution is 5.76. The molecule has 1 aliphatic heterocycles. The molecule has 0 aromatic rings. The van der Waals surface area contributed by atoms with Gasteiger partial charge in [0.1, 0.15) is 24.4 Å². The van der Waals surface area contributed by atoms with Crippen LogP contribution in [0.5, 0.6) is 0 Å². The smallest absolute Gasteiger partial charge is 0.220 e. The molecule has 9 heteroatoms. The number of amides is 1. The van der Waals surface area contributed by atoms with Crippen LogP contribution in [0.15, 0.2) is 12.2 Å². The van der Waals surface area contributed by atoms with E-state index in [1.807, 2.05) is 0 Å². The van der Waals surface area contributed by atoms with Crippen LogP contribution < -0.4 is 5.32 Å². The molecule has 9 nitrogen and oxygen atoms in total. The van der Waals surface area contributed by atoms with E-state index in [0.29, 0.717) is 12.8 Å². The zero-order chi connectivity index (χ0) is 50.8. The summed E-state index contributed by atoms with van der Waals surface area (Å²) in [4.78, 5) is 13.1. The first-order valence-corrected chi connectivity index (χ1v) is 30.9. The molecule has 0 aromatic carbocycles. The maximum absolute atomic E-state index is 13.1. The van der Waals surface area contributed by atoms with Gasteiger partial charge in [0, 0.05) is 6.42 Å². The summed E-state index contributed by atoms with van der Waals surface area (Å²) < 4.78 is 11.3. The summed E-state index contributed by atoms with van der Waals surface area (Å²) in [6.07, 6.45) is 56.8. The number of unbranched alkanes of at least 4 members (excludes halogenated alkanes) is 42. The van der Waals surface area contributed by atoms with Crippen molar-refractivity contribution in [1.82, 2.24) is 5.32 Å². The normalized spacial score (nSPS) is 19.3. The first-order valence-electron chi connectivity index (χ1n) is 30.9. The highest BCUT2D eigenvalue weighted by atomic mass is 16.7. The van der Waals surface area contributed by atoms with E-state index < -0.39 is 49.5 Å². The second kappa shape index (κ2) is 51.4. The summed E-state index contributed by atoms with van der Waals surface area (Å²) in [6, 6.07) is -0.718. The van der Waals surface area contributed by atoms with Gasteiger partial charge in [0.25, 0.3) is 0 Å². The molecule has 1 rings (SSSR count). The lowest BCUT2D eigenvalue weighted by Crippen LogP contribution is -2.60. The van der Waals surface area contributed by atoms with E-state index in [4.69, 9.17) is 9.47 Å². The van der Waals surface area contributed by atoms with Gasteiger partial charge >= 0.3 is 0 Å². The molecule has 1 saturated heterocycles. The lowest BCUT2D eigenvalue weighted by Gasteiger charge is -2.40. The fourth-order valence-electron chi connectivity index (χ4n) is 10.2. The number of carbonyl (C=O) groups excluding carboxylic acids is 1. The van der Waals surface area contributed by atoms with Crippen LogP contribution in [0.1, 0.15) is 316 Å². The Morgan fingerprint density at radius 1 is 0.471 bits per heavy atom. The summed E-state index contributed by atoms with van der Waals surface area (Å²) in [7, 11) is 0. The van der Waals surface area contributed by atoms with Gasteiger partial charge in [-0.25, -0.2) is 0 Å². The molecule has 416 valence electrons. The number of ether oxygens (including phenoxy) is 2. The number of carbonyl (C=O) groups is 1. The van der Waals surface area contributed by atoms with Gasteiger partial charge in [-0.05, 0) is 38.5 Å². The molecule has 6 N–H and O–H groups in total. The minimum absolute atomic E-state index is 0.134. The van der Waals surface area contributed by atoms with Crippen molar-refractivity contribution < 1.29 is 39.8 Å². The Morgan fingerprint density at radius 3 is 1.16 bits per heavy atom. The molecule has 7 atom stereocenters. The van der Waals surface area contributed by atoms with Crippen molar-refractivity contribution in [1.29, 1.82) is 0 Å². The van der Waals surface area contributed by atoms with Crippen molar-refractivity contribution in [2.75, 3.05) is 13.2 Å². The van der Waals surface area contributed by atoms with Crippen molar-refractivity contribution in [3.63, 3.8) is 0 Å². The maximum Gasteiger partial charge on any atom is 0.220 e. The third-order valence-corrected chi connectivity index (χ3v) is 15.1. The molecular weight excluding hydrogens is 875 g/mol. The van der Waals surface area contributed by atoms with Gasteiger partial charge in [0.05, 0.1) is 25.4 Å². The van der Waals surface area contributed by atoms with Crippen molar-refractivity contribution in [2.24, 2.45) is 0 Å². The van der Waals surface area contributed by atoms with Crippen molar-refractivity contribution in [2.45, 2.75) is 358 Å². The average molecular weight is 995 g/mol. The largest absolute Gasteiger partial charge is 0.394 e. The van der Waals surface area contributed by atoms with Crippen molar-refractivity contribution >= 4 is 5.91 Å². The number of aliphatic hydroxyl groups is 5. The monoisotopic (exact) mass is 994 g/mol. The Morgan fingerprint density at radius 2 is 0.800 bits per heavy atom. The van der Waals surface area contributed by atoms with E-state index in [1.54, 1.807) is 0 Å². The van der Waals surface area contributed by atoms with Crippen LogP contribution in [-0.2, 0) is 14.3 Å². The van der Waals surface area contributed by atoms with Gasteiger partial charge in [0.2, 0.25) is 5.91 Å². The second-order valence-electron chi connectivity index (χ2n) is 21.9. The summed E-state index contributed by atoms with van der Waals surface area (Å²) >= 11 is 0. The van der Waals surface area contributed by atoms with E-state index in [1.165, 1.54) is 250 Å². The topological polar surface area (TPSA) is 149 Å². The highest BCUT2D eigenvalue weighted by Crippen LogP contribution is 2.23. The summed E-state index contributed by atoms with van der Waals surface area (Å²) in [5.41, 5.74) is 0. The van der Waals surface area contributed by atoms with Crippen molar-refractivity contribution in [3.8, 4) is 0 Å². The van der Waals surface area contributed by atoms with Gasteiger partial charge < -0.3 is 40.3 Å². The van der Waals surface area contributed by atoms with Crippen LogP contribution in [0.3, 0.4) is 0 Å². The molecule has 70 heavy (non-hydrogen) atoms. The van der Waals surface area contributed by atoms with Gasteiger partial charge in [0.15, 0.2) is 6.29 Å². The standard InChI is InChI=1S/C61H119NO8/c1-3-5-7-9-11-13-15-17-19-21-23-25-26-27-28-29-31-33-35-37-39-41-43-45-47-49-51-57(65)62-54(53-69-61-60(68)59(67)58(66)56(52-63)70-61)55(64)50-48-46-44-42-40-38-36-34-32-30-24-22-20-18-16-14-12-10-8-6-4-2/h27-28,54-56,58-61,63-64,66-68H,3-26,29-53H2,1-2H3,(H,62,65)/b28-27-. The number of allylic oxidation sites excluding steroid dienone is 2. The molecule has 1 aliphatic rings. The molecule has 0 saturated carbocycles. The third kappa shape index (κ3) is 40.3. The molecule has 0 bridgehead atoms. The Kier molecular flexibility index (Phi) is 49.2. The van der Waals surface area contributed by atoms with Crippen LogP contribution >= 0.6 is 0 Å². The molecular formula is C61H119NO8. The molecule has 0 spiro atoms. The lowest BCUT2D eigenvalue weighted by atomic mass is 9.99. The van der Waals surface area contributed by atoms with Crippen LogP contribution in [0.25, 0.3) is 0 Å². The highest BCUT2D eigenvalue weighted by Gasteiger charge is 2.44. The minimum atomic E-state index is -1.55.